The van der Waals surface area contributed by atoms with Gasteiger partial charge in [0.05, 0.1) is 12.8 Å². The van der Waals surface area contributed by atoms with Crippen LogP contribution in [0.25, 0.3) is 10.9 Å². The molecule has 0 radical (unpaired) electrons. The number of aromatic nitrogens is 1. The molecular weight excluding hydrogens is 500 g/mol. The van der Waals surface area contributed by atoms with Crippen molar-refractivity contribution in [3.63, 3.8) is 0 Å². The Morgan fingerprint density at radius 3 is 2.38 bits per heavy atom. The first kappa shape index (κ1) is 28.2. The monoisotopic (exact) mass is 544 g/mol. The van der Waals surface area contributed by atoms with Crippen LogP contribution in [0.4, 0.5) is 4.79 Å². The Kier molecular flexibility index (Phi) is 9.42. The number of hydrogen-bond acceptors (Lipinski definition) is 5. The number of piperidine rings is 1. The Morgan fingerprint density at radius 1 is 0.975 bits per heavy atom. The van der Waals surface area contributed by atoms with Gasteiger partial charge in [-0.15, -0.1) is 0 Å². The molecule has 2 heterocycles. The van der Waals surface area contributed by atoms with Crippen LogP contribution >= 0.6 is 0 Å². The van der Waals surface area contributed by atoms with E-state index < -0.39 is 6.09 Å². The molecule has 1 saturated carbocycles. The molecule has 1 amide bonds. The maximum absolute atomic E-state index is 12.7. The molecule has 0 bridgehead atoms. The third-order valence-corrected chi connectivity index (χ3v) is 9.02. The molecule has 3 aromatic rings. The van der Waals surface area contributed by atoms with Crippen molar-refractivity contribution in [1.29, 1.82) is 0 Å². The molecule has 5 rings (SSSR count). The molecule has 2 aliphatic rings. The lowest BCUT2D eigenvalue weighted by Gasteiger charge is -2.42. The molecule has 1 aliphatic heterocycles. The van der Waals surface area contributed by atoms with E-state index in [4.69, 9.17) is 9.57 Å². The van der Waals surface area contributed by atoms with Crippen LogP contribution in [0.2, 0.25) is 0 Å². The number of hydrogen-bond donors (Lipinski definition) is 1. The van der Waals surface area contributed by atoms with Crippen LogP contribution in [0.1, 0.15) is 75.2 Å². The SMILES string of the molecule is CO/N=C\c1c(CNC(=O)OCc2ccccc2)n(C2CCN(C3CCC(C(C)C)CC3)CC2)c2ccccc12. The normalized spacial score (nSPS) is 20.8. The molecule has 2 fully saturated rings. The van der Waals surface area contributed by atoms with Crippen LogP contribution in [0, 0.1) is 11.8 Å². The van der Waals surface area contributed by atoms with E-state index in [1.54, 1.807) is 13.3 Å². The largest absolute Gasteiger partial charge is 0.445 e. The van der Waals surface area contributed by atoms with Crippen molar-refractivity contribution in [2.24, 2.45) is 17.0 Å². The number of amides is 1. The second kappa shape index (κ2) is 13.4. The van der Waals surface area contributed by atoms with Gasteiger partial charge in [-0.05, 0) is 62.0 Å². The first-order valence-corrected chi connectivity index (χ1v) is 14.9. The molecule has 2 aromatic carbocycles. The minimum absolute atomic E-state index is 0.241. The summed E-state index contributed by atoms with van der Waals surface area (Å²) < 4.78 is 7.95. The highest BCUT2D eigenvalue weighted by atomic mass is 16.6. The second-order valence-electron chi connectivity index (χ2n) is 11.7. The van der Waals surface area contributed by atoms with Gasteiger partial charge in [0.2, 0.25) is 0 Å². The molecular formula is C33H44N4O3. The van der Waals surface area contributed by atoms with Crippen LogP contribution in [0.5, 0.6) is 0 Å². The lowest BCUT2D eigenvalue weighted by molar-refractivity contribution is 0.0888. The van der Waals surface area contributed by atoms with Crippen LogP contribution in [-0.2, 0) is 22.7 Å². The molecule has 1 aromatic heterocycles. The van der Waals surface area contributed by atoms with Crippen molar-refractivity contribution in [3.05, 3.63) is 71.4 Å². The average molecular weight is 545 g/mol. The lowest BCUT2D eigenvalue weighted by Crippen LogP contribution is -2.44. The summed E-state index contributed by atoms with van der Waals surface area (Å²) in [5, 5.41) is 8.24. The van der Waals surface area contributed by atoms with Gasteiger partial charge in [-0.2, -0.15) is 0 Å². The number of fused-ring (bicyclic) bond motifs is 1. The first-order valence-electron chi connectivity index (χ1n) is 14.9. The third-order valence-electron chi connectivity index (χ3n) is 9.02. The summed E-state index contributed by atoms with van der Waals surface area (Å²) in [6.07, 6.45) is 8.92. The fraction of sp³-hybridized carbons (Fsp3) is 0.515. The molecule has 1 saturated heterocycles. The van der Waals surface area contributed by atoms with Crippen LogP contribution in [-0.4, -0.2) is 48.0 Å². The van der Waals surface area contributed by atoms with E-state index in [1.165, 1.54) is 31.2 Å². The number of oxime groups is 1. The smallest absolute Gasteiger partial charge is 0.407 e. The number of nitrogens with zero attached hydrogens (tertiary/aromatic N) is 3. The standard InChI is InChI=1S/C33H44N4O3/c1-24(2)26-13-15-27(16-14-26)36-19-17-28(18-20-36)37-31-12-8-7-11-29(31)30(21-35-39-3)32(37)22-34-33(38)40-23-25-9-5-4-6-10-25/h4-12,21,24,26-28H,13-20,22-23H2,1-3H3,(H,34,38)/b35-21-. The summed E-state index contributed by atoms with van der Waals surface area (Å²) in [4.78, 5) is 20.5. The molecule has 0 atom stereocenters. The van der Waals surface area contributed by atoms with E-state index in [0.29, 0.717) is 12.6 Å². The van der Waals surface area contributed by atoms with Crippen molar-refractivity contribution < 1.29 is 14.4 Å². The summed E-state index contributed by atoms with van der Waals surface area (Å²) in [5.41, 5.74) is 4.15. The van der Waals surface area contributed by atoms with Gasteiger partial charge < -0.3 is 24.4 Å². The third kappa shape index (κ3) is 6.52. The van der Waals surface area contributed by atoms with E-state index in [2.05, 4.69) is 58.1 Å². The summed E-state index contributed by atoms with van der Waals surface area (Å²) in [7, 11) is 1.55. The molecule has 1 aliphatic carbocycles. The molecule has 7 nitrogen and oxygen atoms in total. The first-order chi connectivity index (χ1) is 19.5. The average Bonchev–Trinajstić information content (AvgIpc) is 3.31. The Hall–Kier alpha value is -3.32. The second-order valence-corrected chi connectivity index (χ2v) is 11.7. The van der Waals surface area contributed by atoms with Gasteiger partial charge in [-0.1, -0.05) is 67.5 Å². The van der Waals surface area contributed by atoms with E-state index >= 15 is 0 Å². The summed E-state index contributed by atoms with van der Waals surface area (Å²) in [5.74, 6) is 1.69. The summed E-state index contributed by atoms with van der Waals surface area (Å²) >= 11 is 0. The number of carbonyl (C=O) groups excluding carboxylic acids is 1. The van der Waals surface area contributed by atoms with Crippen molar-refractivity contribution in [1.82, 2.24) is 14.8 Å². The fourth-order valence-electron chi connectivity index (χ4n) is 6.76. The number of rotatable bonds is 9. The Bertz CT molecular complexity index is 1270. The van der Waals surface area contributed by atoms with Gasteiger partial charge in [-0.3, -0.25) is 0 Å². The van der Waals surface area contributed by atoms with Gasteiger partial charge in [0, 0.05) is 47.3 Å². The number of ether oxygens (including phenoxy) is 1. The quantitative estimate of drug-likeness (QED) is 0.235. The fourth-order valence-corrected chi connectivity index (χ4v) is 6.76. The van der Waals surface area contributed by atoms with Gasteiger partial charge in [-0.25, -0.2) is 4.79 Å². The number of carbonyl (C=O) groups is 1. The Balaban J connectivity index is 1.31. The van der Waals surface area contributed by atoms with E-state index in [9.17, 15) is 4.79 Å². The topological polar surface area (TPSA) is 68.1 Å². The molecule has 1 N–H and O–H groups in total. The predicted octanol–water partition coefficient (Wildman–Crippen LogP) is 6.90. The summed E-state index contributed by atoms with van der Waals surface area (Å²) in [6.45, 7) is 7.57. The predicted molar refractivity (Wildman–Crippen MR) is 160 cm³/mol. The highest BCUT2D eigenvalue weighted by molar-refractivity contribution is 6.01. The van der Waals surface area contributed by atoms with Gasteiger partial charge >= 0.3 is 6.09 Å². The van der Waals surface area contributed by atoms with Crippen molar-refractivity contribution in [2.45, 2.75) is 77.6 Å². The van der Waals surface area contributed by atoms with Crippen molar-refractivity contribution in [3.8, 4) is 0 Å². The number of para-hydroxylation sites is 1. The minimum atomic E-state index is -0.429. The van der Waals surface area contributed by atoms with Gasteiger partial charge in [0.25, 0.3) is 0 Å². The van der Waals surface area contributed by atoms with E-state index in [1.807, 2.05) is 30.3 Å². The zero-order valence-corrected chi connectivity index (χ0v) is 24.2. The van der Waals surface area contributed by atoms with Crippen LogP contribution < -0.4 is 5.32 Å². The molecule has 40 heavy (non-hydrogen) atoms. The minimum Gasteiger partial charge on any atom is -0.445 e. The lowest BCUT2D eigenvalue weighted by atomic mass is 9.79. The molecule has 214 valence electrons. The zero-order chi connectivity index (χ0) is 27.9. The van der Waals surface area contributed by atoms with Crippen LogP contribution in [0.15, 0.2) is 59.8 Å². The highest BCUT2D eigenvalue weighted by Crippen LogP contribution is 2.37. The van der Waals surface area contributed by atoms with Crippen molar-refractivity contribution in [2.75, 3.05) is 20.2 Å². The Labute approximate surface area is 238 Å². The number of alkyl carbamates (subject to hydrolysis) is 1. The number of likely N-dealkylation sites (tertiary alicyclic amines) is 1. The van der Waals surface area contributed by atoms with Gasteiger partial charge in [0.15, 0.2) is 0 Å². The maximum atomic E-state index is 12.7. The molecule has 0 spiro atoms. The zero-order valence-electron chi connectivity index (χ0n) is 24.2. The van der Waals surface area contributed by atoms with Crippen molar-refractivity contribution >= 4 is 23.2 Å². The molecule has 7 heteroatoms. The molecule has 0 unspecified atom stereocenters. The van der Waals surface area contributed by atoms with E-state index in [-0.39, 0.29) is 6.61 Å². The maximum Gasteiger partial charge on any atom is 0.407 e. The van der Waals surface area contributed by atoms with E-state index in [0.717, 1.165) is 66.0 Å². The summed E-state index contributed by atoms with van der Waals surface area (Å²) in [6, 6.07) is 19.3. The highest BCUT2D eigenvalue weighted by Gasteiger charge is 2.32. The Morgan fingerprint density at radius 2 is 1.68 bits per heavy atom. The number of nitrogens with one attached hydrogen (secondary N) is 1. The number of benzene rings is 2. The van der Waals surface area contributed by atoms with Gasteiger partial charge in [0.1, 0.15) is 13.7 Å². The van der Waals surface area contributed by atoms with Crippen LogP contribution in [0.3, 0.4) is 0 Å².